The summed E-state index contributed by atoms with van der Waals surface area (Å²) >= 11 is 0. The van der Waals surface area contributed by atoms with Crippen LogP contribution in [0.5, 0.6) is 0 Å². The number of benzene rings is 1. The molecule has 3 nitrogen and oxygen atoms in total. The Morgan fingerprint density at radius 2 is 2.25 bits per heavy atom. The van der Waals surface area contributed by atoms with E-state index in [0.717, 1.165) is 12.8 Å². The topological polar surface area (TPSA) is 40.5 Å². The maximum atomic E-state index is 13.4. The molecule has 1 N–H and O–H groups in total. The van der Waals surface area contributed by atoms with Gasteiger partial charge in [0.15, 0.2) is 0 Å². The number of carbonyl (C=O) groups is 1. The van der Waals surface area contributed by atoms with E-state index in [1.165, 1.54) is 18.2 Å². The first-order valence-corrected chi connectivity index (χ1v) is 6.71. The summed E-state index contributed by atoms with van der Waals surface area (Å²) in [6.07, 6.45) is 2.28. The Morgan fingerprint density at radius 3 is 2.85 bits per heavy atom. The number of aliphatic hydroxyl groups is 1. The molecule has 0 heterocycles. The van der Waals surface area contributed by atoms with Crippen LogP contribution in [-0.4, -0.2) is 35.6 Å². The number of hydrogen-bond donors (Lipinski definition) is 1. The molecule has 1 aliphatic carbocycles. The summed E-state index contributed by atoms with van der Waals surface area (Å²) < 4.78 is 13.4. The van der Waals surface area contributed by atoms with Crippen LogP contribution in [0.25, 0.3) is 0 Å². The molecule has 1 aromatic carbocycles. The molecule has 0 bridgehead atoms. The van der Waals surface area contributed by atoms with E-state index in [-0.39, 0.29) is 24.1 Å². The van der Waals surface area contributed by atoms with E-state index in [2.05, 4.69) is 11.8 Å². The third-order valence-corrected chi connectivity index (χ3v) is 3.75. The molecule has 2 rings (SSSR count). The maximum absolute atomic E-state index is 13.4. The van der Waals surface area contributed by atoms with Gasteiger partial charge in [-0.25, -0.2) is 4.39 Å². The molecular formula is C16H18FNO2. The van der Waals surface area contributed by atoms with Gasteiger partial charge in [0.25, 0.3) is 5.91 Å². The first kappa shape index (κ1) is 14.5. The number of amides is 1. The lowest BCUT2D eigenvalue weighted by Gasteiger charge is -2.25. The average molecular weight is 275 g/mol. The van der Waals surface area contributed by atoms with E-state index in [0.29, 0.717) is 11.5 Å². The van der Waals surface area contributed by atoms with E-state index in [9.17, 15) is 9.18 Å². The molecule has 1 aliphatic rings. The first-order chi connectivity index (χ1) is 9.54. The van der Waals surface area contributed by atoms with Gasteiger partial charge in [-0.3, -0.25) is 4.79 Å². The Bertz CT molecular complexity index is 570. The highest BCUT2D eigenvalue weighted by molar-refractivity contribution is 5.96. The molecule has 4 heteroatoms. The fourth-order valence-electron chi connectivity index (χ4n) is 2.21. The van der Waals surface area contributed by atoms with Crippen molar-refractivity contribution < 1.29 is 14.3 Å². The smallest absolute Gasteiger partial charge is 0.255 e. The van der Waals surface area contributed by atoms with Crippen LogP contribution in [0, 0.1) is 23.6 Å². The third-order valence-electron chi connectivity index (χ3n) is 3.75. The van der Waals surface area contributed by atoms with Gasteiger partial charge in [-0.05, 0) is 43.9 Å². The van der Waals surface area contributed by atoms with Gasteiger partial charge in [-0.2, -0.15) is 0 Å². The lowest BCUT2D eigenvalue weighted by molar-refractivity contribution is 0.0726. The normalized spacial score (nSPS) is 15.2. The SMILES string of the molecule is CC(C1CC1)N(C)C(=O)c1cc(F)ccc1C#CCO. The third kappa shape index (κ3) is 3.17. The van der Waals surface area contributed by atoms with Crippen LogP contribution < -0.4 is 0 Å². The number of hydrogen-bond acceptors (Lipinski definition) is 2. The van der Waals surface area contributed by atoms with Crippen LogP contribution >= 0.6 is 0 Å². The Kier molecular flexibility index (Phi) is 4.41. The summed E-state index contributed by atoms with van der Waals surface area (Å²) in [5.41, 5.74) is 0.696. The van der Waals surface area contributed by atoms with Gasteiger partial charge < -0.3 is 10.0 Å². The van der Waals surface area contributed by atoms with Crippen molar-refractivity contribution in [3.63, 3.8) is 0 Å². The second-order valence-corrected chi connectivity index (χ2v) is 5.14. The van der Waals surface area contributed by atoms with E-state index in [1.807, 2.05) is 6.92 Å². The Labute approximate surface area is 118 Å². The predicted molar refractivity (Wildman–Crippen MR) is 74.6 cm³/mol. The Hall–Kier alpha value is -1.86. The van der Waals surface area contributed by atoms with Crippen LogP contribution in [0.3, 0.4) is 0 Å². The van der Waals surface area contributed by atoms with Crippen LogP contribution in [0.4, 0.5) is 4.39 Å². The zero-order valence-corrected chi connectivity index (χ0v) is 11.7. The lowest BCUT2D eigenvalue weighted by atomic mass is 10.0. The second kappa shape index (κ2) is 6.06. The van der Waals surface area contributed by atoms with Crippen molar-refractivity contribution in [2.24, 2.45) is 5.92 Å². The van der Waals surface area contributed by atoms with Gasteiger partial charge in [-0.15, -0.1) is 0 Å². The molecule has 1 fully saturated rings. The highest BCUT2D eigenvalue weighted by Crippen LogP contribution is 2.35. The van der Waals surface area contributed by atoms with Crippen molar-refractivity contribution in [1.82, 2.24) is 4.90 Å². The maximum Gasteiger partial charge on any atom is 0.255 e. The molecule has 1 saturated carbocycles. The molecule has 20 heavy (non-hydrogen) atoms. The van der Waals surface area contributed by atoms with Crippen molar-refractivity contribution in [2.45, 2.75) is 25.8 Å². The zero-order valence-electron chi connectivity index (χ0n) is 11.7. The average Bonchev–Trinajstić information content (AvgIpc) is 3.28. The number of halogens is 1. The molecule has 0 radical (unpaired) electrons. The molecule has 0 spiro atoms. The van der Waals surface area contributed by atoms with Crippen molar-refractivity contribution in [3.8, 4) is 11.8 Å². The summed E-state index contributed by atoms with van der Waals surface area (Å²) in [4.78, 5) is 14.1. The van der Waals surface area contributed by atoms with Crippen LogP contribution in [0.1, 0.15) is 35.7 Å². The monoisotopic (exact) mass is 275 g/mol. The van der Waals surface area contributed by atoms with E-state index >= 15 is 0 Å². The summed E-state index contributed by atoms with van der Waals surface area (Å²) in [6.45, 7) is 1.72. The largest absolute Gasteiger partial charge is 0.384 e. The summed E-state index contributed by atoms with van der Waals surface area (Å²) in [5.74, 6) is 5.04. The number of aliphatic hydroxyl groups excluding tert-OH is 1. The number of carbonyl (C=O) groups excluding carboxylic acids is 1. The van der Waals surface area contributed by atoms with Crippen molar-refractivity contribution in [2.75, 3.05) is 13.7 Å². The molecule has 1 unspecified atom stereocenters. The molecule has 1 amide bonds. The quantitative estimate of drug-likeness (QED) is 0.858. The summed E-state index contributed by atoms with van der Waals surface area (Å²) in [6, 6.07) is 4.09. The highest BCUT2D eigenvalue weighted by atomic mass is 19.1. The summed E-state index contributed by atoms with van der Waals surface area (Å²) in [5, 5.41) is 8.75. The lowest BCUT2D eigenvalue weighted by Crippen LogP contribution is -2.36. The van der Waals surface area contributed by atoms with Gasteiger partial charge in [0, 0.05) is 18.7 Å². The number of rotatable bonds is 3. The molecular weight excluding hydrogens is 257 g/mol. The molecule has 0 aromatic heterocycles. The zero-order chi connectivity index (χ0) is 14.7. The minimum absolute atomic E-state index is 0.143. The van der Waals surface area contributed by atoms with Crippen molar-refractivity contribution in [1.29, 1.82) is 0 Å². The molecule has 1 atom stereocenters. The Morgan fingerprint density at radius 1 is 1.55 bits per heavy atom. The van der Waals surface area contributed by atoms with Crippen LogP contribution in [0.15, 0.2) is 18.2 Å². The van der Waals surface area contributed by atoms with E-state index in [4.69, 9.17) is 5.11 Å². The first-order valence-electron chi connectivity index (χ1n) is 6.71. The van der Waals surface area contributed by atoms with Gasteiger partial charge in [-0.1, -0.05) is 11.8 Å². The summed E-state index contributed by atoms with van der Waals surface area (Å²) in [7, 11) is 1.74. The van der Waals surface area contributed by atoms with Crippen molar-refractivity contribution in [3.05, 3.63) is 35.1 Å². The standard InChI is InChI=1S/C16H18FNO2/c1-11(12-5-6-12)18(2)16(20)15-10-14(17)8-7-13(15)4-3-9-19/h7-8,10-12,19H,5-6,9H2,1-2H3. The Balaban J connectivity index is 2.29. The predicted octanol–water partition coefficient (Wildman–Crippen LogP) is 2.04. The molecule has 106 valence electrons. The fraction of sp³-hybridized carbons (Fsp3) is 0.438. The minimum atomic E-state index is -0.463. The molecule has 0 aliphatic heterocycles. The van der Waals surface area contributed by atoms with Crippen LogP contribution in [0.2, 0.25) is 0 Å². The molecule has 1 aromatic rings. The van der Waals surface area contributed by atoms with Gasteiger partial charge >= 0.3 is 0 Å². The number of nitrogens with zero attached hydrogens (tertiary/aromatic N) is 1. The second-order valence-electron chi connectivity index (χ2n) is 5.14. The molecule has 0 saturated heterocycles. The van der Waals surface area contributed by atoms with Gasteiger partial charge in [0.2, 0.25) is 0 Å². The van der Waals surface area contributed by atoms with E-state index in [1.54, 1.807) is 11.9 Å². The van der Waals surface area contributed by atoms with Crippen LogP contribution in [-0.2, 0) is 0 Å². The van der Waals surface area contributed by atoms with E-state index < -0.39 is 5.82 Å². The minimum Gasteiger partial charge on any atom is -0.384 e. The highest BCUT2D eigenvalue weighted by Gasteiger charge is 2.33. The van der Waals surface area contributed by atoms with Crippen molar-refractivity contribution >= 4 is 5.91 Å². The fourth-order valence-corrected chi connectivity index (χ4v) is 2.21. The van der Waals surface area contributed by atoms with Gasteiger partial charge in [0.05, 0.1) is 5.56 Å². The van der Waals surface area contributed by atoms with Gasteiger partial charge in [0.1, 0.15) is 12.4 Å².